The number of hydrogen-bond donors (Lipinski definition) is 3. The summed E-state index contributed by atoms with van der Waals surface area (Å²) in [5.41, 5.74) is 2.16. The summed E-state index contributed by atoms with van der Waals surface area (Å²) in [5, 5.41) is 8.23. The highest BCUT2D eigenvalue weighted by Gasteiger charge is 2.15. The number of benzene rings is 2. The zero-order valence-electron chi connectivity index (χ0n) is 18.4. The number of anilines is 1. The summed E-state index contributed by atoms with van der Waals surface area (Å²) >= 11 is 0. The summed E-state index contributed by atoms with van der Waals surface area (Å²) in [6.45, 7) is 5.95. The van der Waals surface area contributed by atoms with Crippen LogP contribution in [0.5, 0.6) is 0 Å². The Balaban J connectivity index is 1.66. The van der Waals surface area contributed by atoms with Crippen LogP contribution < -0.4 is 16.0 Å². The molecule has 0 unspecified atom stereocenters. The number of ether oxygens (including phenoxy) is 1. The monoisotopic (exact) mass is 425 g/mol. The van der Waals surface area contributed by atoms with Gasteiger partial charge >= 0.3 is 6.09 Å². The quantitative estimate of drug-likeness (QED) is 0.569. The van der Waals surface area contributed by atoms with E-state index in [1.54, 1.807) is 32.9 Å². The highest BCUT2D eigenvalue weighted by Crippen LogP contribution is 2.10. The van der Waals surface area contributed by atoms with Crippen LogP contribution in [0.1, 0.15) is 44.7 Å². The standard InChI is InChI=1S/C24H31N3O4/c1-24(2,3)31-23(30)25-16-15-22(29)27-20-12-9-19(10-13-20)17-26-21(28)14-11-18-7-5-4-6-8-18/h4-10,12-13H,11,14-17H2,1-3H3,(H,25,30)(H,26,28)(H,27,29). The minimum absolute atomic E-state index is 0.00119. The van der Waals surface area contributed by atoms with Gasteiger partial charge in [0, 0.05) is 31.6 Å². The van der Waals surface area contributed by atoms with E-state index < -0.39 is 11.7 Å². The Morgan fingerprint density at radius 1 is 0.806 bits per heavy atom. The van der Waals surface area contributed by atoms with Crippen LogP contribution in [0.15, 0.2) is 54.6 Å². The van der Waals surface area contributed by atoms with E-state index in [4.69, 9.17) is 4.74 Å². The Morgan fingerprint density at radius 3 is 2.13 bits per heavy atom. The zero-order chi connectivity index (χ0) is 22.7. The van der Waals surface area contributed by atoms with Crippen molar-refractivity contribution < 1.29 is 19.1 Å². The molecule has 0 saturated heterocycles. The van der Waals surface area contributed by atoms with Gasteiger partial charge in [0.25, 0.3) is 0 Å². The number of alkyl carbamates (subject to hydrolysis) is 1. The normalized spacial score (nSPS) is 10.8. The van der Waals surface area contributed by atoms with Gasteiger partial charge < -0.3 is 20.7 Å². The summed E-state index contributed by atoms with van der Waals surface area (Å²) in [7, 11) is 0. The molecular formula is C24H31N3O4. The Morgan fingerprint density at radius 2 is 1.48 bits per heavy atom. The molecule has 0 fully saturated rings. The molecule has 7 heteroatoms. The van der Waals surface area contributed by atoms with Crippen LogP contribution >= 0.6 is 0 Å². The molecule has 2 aromatic carbocycles. The molecule has 0 heterocycles. The van der Waals surface area contributed by atoms with Crippen LogP contribution in [0.25, 0.3) is 0 Å². The number of nitrogens with one attached hydrogen (secondary N) is 3. The highest BCUT2D eigenvalue weighted by molar-refractivity contribution is 5.91. The van der Waals surface area contributed by atoms with Crippen molar-refractivity contribution in [2.45, 2.75) is 52.2 Å². The average molecular weight is 426 g/mol. The first-order valence-corrected chi connectivity index (χ1v) is 10.4. The number of rotatable bonds is 9. The lowest BCUT2D eigenvalue weighted by molar-refractivity contribution is -0.121. The van der Waals surface area contributed by atoms with E-state index in [1.807, 2.05) is 42.5 Å². The summed E-state index contributed by atoms with van der Waals surface area (Å²) in [4.78, 5) is 35.6. The number of amides is 3. The van der Waals surface area contributed by atoms with Crippen LogP contribution in [0.2, 0.25) is 0 Å². The highest BCUT2D eigenvalue weighted by atomic mass is 16.6. The van der Waals surface area contributed by atoms with Gasteiger partial charge in [0.15, 0.2) is 0 Å². The van der Waals surface area contributed by atoms with Gasteiger partial charge in [-0.1, -0.05) is 42.5 Å². The molecule has 2 rings (SSSR count). The maximum absolute atomic E-state index is 12.0. The zero-order valence-corrected chi connectivity index (χ0v) is 18.4. The first-order valence-electron chi connectivity index (χ1n) is 10.4. The van der Waals surface area contributed by atoms with E-state index in [9.17, 15) is 14.4 Å². The van der Waals surface area contributed by atoms with E-state index in [2.05, 4.69) is 16.0 Å². The molecule has 0 atom stereocenters. The van der Waals surface area contributed by atoms with Gasteiger partial charge in [0.1, 0.15) is 5.60 Å². The molecule has 7 nitrogen and oxygen atoms in total. The van der Waals surface area contributed by atoms with Crippen LogP contribution in [0, 0.1) is 0 Å². The van der Waals surface area contributed by atoms with Crippen molar-refractivity contribution in [1.82, 2.24) is 10.6 Å². The average Bonchev–Trinajstić information content (AvgIpc) is 2.71. The molecule has 3 amide bonds. The molecular weight excluding hydrogens is 394 g/mol. The van der Waals surface area contributed by atoms with E-state index in [1.165, 1.54) is 0 Å². The summed E-state index contributed by atoms with van der Waals surface area (Å²) in [6.07, 6.45) is 0.740. The molecule has 0 aliphatic heterocycles. The number of hydrogen-bond acceptors (Lipinski definition) is 4. The second-order valence-corrected chi connectivity index (χ2v) is 8.19. The van der Waals surface area contributed by atoms with Crippen molar-refractivity contribution in [3.8, 4) is 0 Å². The van der Waals surface area contributed by atoms with Gasteiger partial charge in [-0.05, 0) is 50.5 Å². The number of carbonyl (C=O) groups excluding carboxylic acids is 3. The van der Waals surface area contributed by atoms with Gasteiger partial charge in [-0.3, -0.25) is 9.59 Å². The smallest absolute Gasteiger partial charge is 0.407 e. The third-order valence-electron chi connectivity index (χ3n) is 4.23. The maximum atomic E-state index is 12.0. The van der Waals surface area contributed by atoms with Crippen LogP contribution in [0.4, 0.5) is 10.5 Å². The van der Waals surface area contributed by atoms with Crippen LogP contribution in [-0.4, -0.2) is 30.1 Å². The first kappa shape index (κ1) is 23.9. The molecule has 0 saturated carbocycles. The van der Waals surface area contributed by atoms with Crippen molar-refractivity contribution in [2.24, 2.45) is 0 Å². The Hall–Kier alpha value is -3.35. The van der Waals surface area contributed by atoms with Crippen molar-refractivity contribution in [3.05, 3.63) is 65.7 Å². The molecule has 0 bridgehead atoms. The summed E-state index contributed by atoms with van der Waals surface area (Å²) < 4.78 is 5.12. The second-order valence-electron chi connectivity index (χ2n) is 8.19. The predicted octanol–water partition coefficient (Wildman–Crippen LogP) is 3.79. The lowest BCUT2D eigenvalue weighted by atomic mass is 10.1. The third-order valence-corrected chi connectivity index (χ3v) is 4.23. The SMILES string of the molecule is CC(C)(C)OC(=O)NCCC(=O)Nc1ccc(CNC(=O)CCc2ccccc2)cc1. The fraction of sp³-hybridized carbons (Fsp3) is 0.375. The molecule has 31 heavy (non-hydrogen) atoms. The molecule has 0 aliphatic carbocycles. The molecule has 166 valence electrons. The Labute approximate surface area is 183 Å². The van der Waals surface area contributed by atoms with Crippen molar-refractivity contribution in [1.29, 1.82) is 0 Å². The Kier molecular flexibility index (Phi) is 9.06. The van der Waals surface area contributed by atoms with Crippen molar-refractivity contribution in [3.63, 3.8) is 0 Å². The van der Waals surface area contributed by atoms with E-state index in [0.29, 0.717) is 25.1 Å². The van der Waals surface area contributed by atoms with Crippen molar-refractivity contribution >= 4 is 23.6 Å². The lowest BCUT2D eigenvalue weighted by Gasteiger charge is -2.19. The molecule has 0 aliphatic rings. The fourth-order valence-electron chi connectivity index (χ4n) is 2.71. The predicted molar refractivity (Wildman–Crippen MR) is 121 cm³/mol. The van der Waals surface area contributed by atoms with Crippen molar-refractivity contribution in [2.75, 3.05) is 11.9 Å². The number of aryl methyl sites for hydroxylation is 1. The van der Waals surface area contributed by atoms with Gasteiger partial charge in [-0.2, -0.15) is 0 Å². The van der Waals surface area contributed by atoms with Crippen LogP contribution in [0.3, 0.4) is 0 Å². The van der Waals surface area contributed by atoms with Crippen LogP contribution in [-0.2, 0) is 27.3 Å². The van der Waals surface area contributed by atoms with Gasteiger partial charge in [-0.15, -0.1) is 0 Å². The second kappa shape index (κ2) is 11.7. The van der Waals surface area contributed by atoms with Gasteiger partial charge in [-0.25, -0.2) is 4.79 Å². The maximum Gasteiger partial charge on any atom is 0.407 e. The molecule has 0 spiro atoms. The topological polar surface area (TPSA) is 96.5 Å². The summed E-state index contributed by atoms with van der Waals surface area (Å²) in [6, 6.07) is 17.2. The molecule has 3 N–H and O–H groups in total. The molecule has 0 radical (unpaired) electrons. The minimum Gasteiger partial charge on any atom is -0.444 e. The molecule has 2 aromatic rings. The van der Waals surface area contributed by atoms with E-state index in [-0.39, 0.29) is 24.8 Å². The number of carbonyl (C=O) groups is 3. The lowest BCUT2D eigenvalue weighted by Crippen LogP contribution is -2.34. The summed E-state index contributed by atoms with van der Waals surface area (Å²) in [5.74, 6) is -0.211. The van der Waals surface area contributed by atoms with E-state index in [0.717, 1.165) is 11.1 Å². The first-order chi connectivity index (χ1) is 14.7. The Bertz CT molecular complexity index is 859. The van der Waals surface area contributed by atoms with Gasteiger partial charge in [0.2, 0.25) is 11.8 Å². The third kappa shape index (κ3) is 10.3. The fourth-order valence-corrected chi connectivity index (χ4v) is 2.71. The van der Waals surface area contributed by atoms with E-state index >= 15 is 0 Å². The molecule has 0 aromatic heterocycles. The minimum atomic E-state index is -0.574. The largest absolute Gasteiger partial charge is 0.444 e. The van der Waals surface area contributed by atoms with Gasteiger partial charge in [0.05, 0.1) is 0 Å².